The fraction of sp³-hybridized carbons (Fsp3) is 0.444. The molecule has 0 aliphatic carbocycles. The van der Waals surface area contributed by atoms with Crippen LogP contribution in [0.25, 0.3) is 0 Å². The highest BCUT2D eigenvalue weighted by molar-refractivity contribution is 5.96. The monoisotopic (exact) mass is 333 g/mol. The molecule has 0 bridgehead atoms. The third-order valence-electron chi connectivity index (χ3n) is 3.93. The second-order valence-electron chi connectivity index (χ2n) is 5.59. The van der Waals surface area contributed by atoms with Crippen molar-refractivity contribution < 1.29 is 23.8 Å². The highest BCUT2D eigenvalue weighted by Gasteiger charge is 2.45. The van der Waals surface area contributed by atoms with Crippen molar-refractivity contribution >= 4 is 12.0 Å². The minimum atomic E-state index is -0.771. The molecule has 1 heterocycles. The Morgan fingerprint density at radius 2 is 2.12 bits per heavy atom. The zero-order chi connectivity index (χ0) is 17.5. The molecule has 1 aromatic carbocycles. The largest absolute Gasteiger partial charge is 0.439 e. The first-order valence-corrected chi connectivity index (χ1v) is 7.90. The number of hydrogen-bond donors (Lipinski definition) is 0. The van der Waals surface area contributed by atoms with Crippen LogP contribution < -0.4 is 0 Å². The van der Waals surface area contributed by atoms with E-state index in [4.69, 9.17) is 14.2 Å². The van der Waals surface area contributed by atoms with Crippen molar-refractivity contribution in [2.45, 2.75) is 38.0 Å². The molecule has 1 aliphatic rings. The van der Waals surface area contributed by atoms with E-state index in [1.165, 1.54) is 7.11 Å². The van der Waals surface area contributed by atoms with Gasteiger partial charge in [-0.1, -0.05) is 36.4 Å². The Morgan fingerprint density at radius 1 is 1.42 bits per heavy atom. The summed E-state index contributed by atoms with van der Waals surface area (Å²) < 4.78 is 15.7. The molecule has 0 N–H and O–H groups in total. The minimum Gasteiger partial charge on any atom is -0.439 e. The van der Waals surface area contributed by atoms with Crippen molar-refractivity contribution in [3.8, 4) is 0 Å². The van der Waals surface area contributed by atoms with Gasteiger partial charge < -0.3 is 14.2 Å². The lowest BCUT2D eigenvalue weighted by atomic mass is 10.0. The summed E-state index contributed by atoms with van der Waals surface area (Å²) in [5.41, 5.74) is 0.856. The summed E-state index contributed by atoms with van der Waals surface area (Å²) in [5.74, 6) is -0.412. The molecular formula is C18H23NO5. The molecule has 1 fully saturated rings. The second kappa shape index (κ2) is 8.61. The van der Waals surface area contributed by atoms with E-state index in [0.29, 0.717) is 12.8 Å². The number of benzene rings is 1. The molecule has 0 radical (unpaired) electrons. The van der Waals surface area contributed by atoms with Crippen LogP contribution in [0, 0.1) is 0 Å². The summed E-state index contributed by atoms with van der Waals surface area (Å²) >= 11 is 0. The third kappa shape index (κ3) is 4.01. The van der Waals surface area contributed by atoms with E-state index in [9.17, 15) is 9.59 Å². The maximum atomic E-state index is 12.8. The summed E-state index contributed by atoms with van der Waals surface area (Å²) in [5, 5.41) is 0. The molecule has 1 aliphatic heterocycles. The highest BCUT2D eigenvalue weighted by Crippen LogP contribution is 2.33. The first kappa shape index (κ1) is 18.2. The lowest BCUT2D eigenvalue weighted by molar-refractivity contribution is -0.150. The van der Waals surface area contributed by atoms with Crippen molar-refractivity contribution in [1.82, 2.24) is 4.90 Å². The number of carbonyl (C=O) groups is 2. The van der Waals surface area contributed by atoms with Gasteiger partial charge in [-0.15, -0.1) is 6.58 Å². The van der Waals surface area contributed by atoms with E-state index in [1.807, 2.05) is 30.3 Å². The first-order chi connectivity index (χ1) is 11.6. The van der Waals surface area contributed by atoms with E-state index in [2.05, 4.69) is 6.58 Å². The van der Waals surface area contributed by atoms with Crippen LogP contribution in [0.1, 0.15) is 31.4 Å². The van der Waals surface area contributed by atoms with Gasteiger partial charge in [0.1, 0.15) is 19.0 Å². The van der Waals surface area contributed by atoms with Crippen molar-refractivity contribution in [2.24, 2.45) is 0 Å². The van der Waals surface area contributed by atoms with Gasteiger partial charge in [0, 0.05) is 7.11 Å². The van der Waals surface area contributed by atoms with Crippen LogP contribution in [0.2, 0.25) is 0 Å². The van der Waals surface area contributed by atoms with Crippen LogP contribution in [-0.4, -0.2) is 42.9 Å². The number of cyclic esters (lactones) is 1. The Morgan fingerprint density at radius 3 is 2.75 bits per heavy atom. The number of carbonyl (C=O) groups excluding carboxylic acids is 2. The maximum absolute atomic E-state index is 12.8. The van der Waals surface area contributed by atoms with E-state index >= 15 is 0 Å². The maximum Gasteiger partial charge on any atom is 0.417 e. The lowest BCUT2D eigenvalue weighted by Gasteiger charge is -2.24. The zero-order valence-corrected chi connectivity index (χ0v) is 14.0. The molecule has 2 rings (SSSR count). The van der Waals surface area contributed by atoms with Crippen molar-refractivity contribution in [3.63, 3.8) is 0 Å². The fourth-order valence-electron chi connectivity index (χ4n) is 2.70. The lowest BCUT2D eigenvalue weighted by Crippen LogP contribution is -2.45. The van der Waals surface area contributed by atoms with E-state index < -0.39 is 30.3 Å². The van der Waals surface area contributed by atoms with E-state index in [1.54, 1.807) is 13.0 Å². The Hall–Kier alpha value is -2.18. The van der Waals surface area contributed by atoms with Crippen molar-refractivity contribution in [2.75, 3.05) is 13.9 Å². The molecule has 24 heavy (non-hydrogen) atoms. The number of amides is 2. The van der Waals surface area contributed by atoms with E-state index in [0.717, 1.165) is 10.5 Å². The number of hydrogen-bond acceptors (Lipinski definition) is 5. The van der Waals surface area contributed by atoms with E-state index in [-0.39, 0.29) is 6.79 Å². The van der Waals surface area contributed by atoms with Crippen molar-refractivity contribution in [1.29, 1.82) is 0 Å². The molecule has 1 saturated heterocycles. The number of ether oxygens (including phenoxy) is 3. The van der Waals surface area contributed by atoms with Crippen LogP contribution in [0.15, 0.2) is 43.0 Å². The molecular weight excluding hydrogens is 310 g/mol. The molecule has 6 heteroatoms. The summed E-state index contributed by atoms with van der Waals surface area (Å²) in [6, 6.07) is 8.96. The number of allylic oxidation sites excluding steroid dienone is 1. The second-order valence-corrected chi connectivity index (χ2v) is 5.59. The average Bonchev–Trinajstić information content (AvgIpc) is 2.90. The fourth-order valence-corrected chi connectivity index (χ4v) is 2.70. The Balaban J connectivity index is 2.14. The van der Waals surface area contributed by atoms with Gasteiger partial charge in [-0.3, -0.25) is 4.79 Å². The minimum absolute atomic E-state index is 0.0209. The van der Waals surface area contributed by atoms with Crippen LogP contribution in [0.4, 0.5) is 4.79 Å². The predicted octanol–water partition coefficient (Wildman–Crippen LogP) is 3.05. The summed E-state index contributed by atoms with van der Waals surface area (Å²) in [4.78, 5) is 26.1. The van der Waals surface area contributed by atoms with Gasteiger partial charge in [0.2, 0.25) is 0 Å². The number of rotatable bonds is 8. The first-order valence-electron chi connectivity index (χ1n) is 7.90. The van der Waals surface area contributed by atoms with Crippen LogP contribution in [0.5, 0.6) is 0 Å². The van der Waals surface area contributed by atoms with Gasteiger partial charge in [-0.2, -0.15) is 0 Å². The zero-order valence-electron chi connectivity index (χ0n) is 14.0. The van der Waals surface area contributed by atoms with Crippen LogP contribution >= 0.6 is 0 Å². The Kier molecular flexibility index (Phi) is 6.52. The number of methoxy groups -OCH3 is 1. The summed E-state index contributed by atoms with van der Waals surface area (Å²) in [6.07, 6.45) is 0.829. The quantitative estimate of drug-likeness (QED) is 0.540. The molecule has 130 valence electrons. The summed E-state index contributed by atoms with van der Waals surface area (Å²) in [7, 11) is 1.48. The topological polar surface area (TPSA) is 65.1 Å². The molecule has 0 saturated carbocycles. The molecule has 2 amide bonds. The number of nitrogens with zero attached hydrogens (tertiary/aromatic N) is 1. The standard InChI is InChI=1S/C18H23NO5/c1-4-5-11-15(23-12-22-3)17(20)19-13(2)16(24-18(19)21)14-9-7-6-8-10-14/h4,6-10,13,15-16H,1,5,11-12H2,2-3H3/t13-,15-,16-/m1/s1. The third-order valence-corrected chi connectivity index (χ3v) is 3.93. The van der Waals surface area contributed by atoms with Gasteiger partial charge in [-0.25, -0.2) is 9.69 Å². The molecule has 0 aromatic heterocycles. The SMILES string of the molecule is C=CCC[C@@H](OCOC)C(=O)N1C(=O)O[C@@H](c2ccccc2)[C@H]1C. The molecule has 6 nitrogen and oxygen atoms in total. The van der Waals surface area contributed by atoms with Crippen LogP contribution in [0.3, 0.4) is 0 Å². The predicted molar refractivity (Wildman–Crippen MR) is 88.2 cm³/mol. The van der Waals surface area contributed by atoms with Crippen LogP contribution in [-0.2, 0) is 19.0 Å². The number of imide groups is 1. The van der Waals surface area contributed by atoms with Gasteiger partial charge in [0.25, 0.3) is 5.91 Å². The molecule has 0 spiro atoms. The molecule has 1 aromatic rings. The molecule has 0 unspecified atom stereocenters. The van der Waals surface area contributed by atoms with Crippen molar-refractivity contribution in [3.05, 3.63) is 48.6 Å². The summed E-state index contributed by atoms with van der Waals surface area (Å²) in [6.45, 7) is 5.42. The average molecular weight is 333 g/mol. The normalized spacial score (nSPS) is 21.4. The Bertz CT molecular complexity index is 574. The van der Waals surface area contributed by atoms with Gasteiger partial charge in [0.05, 0.1) is 6.04 Å². The van der Waals surface area contributed by atoms with Gasteiger partial charge in [-0.05, 0) is 25.3 Å². The van der Waals surface area contributed by atoms with Gasteiger partial charge >= 0.3 is 6.09 Å². The molecule has 3 atom stereocenters. The Labute approximate surface area is 142 Å². The highest BCUT2D eigenvalue weighted by atomic mass is 16.7. The smallest absolute Gasteiger partial charge is 0.417 e. The van der Waals surface area contributed by atoms with Gasteiger partial charge in [0.15, 0.2) is 0 Å².